The fraction of sp³-hybridized carbons (Fsp3) is 0.727. The number of primary amides is 1. The van der Waals surface area contributed by atoms with Gasteiger partial charge in [0.2, 0.25) is 12.3 Å². The molecule has 0 saturated carbocycles. The number of nitrogens with zero attached hydrogens (tertiary/aromatic N) is 1. The van der Waals surface area contributed by atoms with E-state index in [9.17, 15) is 9.59 Å². The minimum atomic E-state index is -0.498. The van der Waals surface area contributed by atoms with Gasteiger partial charge < -0.3 is 34.9 Å². The normalized spacial score (nSPS) is 32.5. The van der Waals surface area contributed by atoms with Crippen molar-refractivity contribution in [3.05, 3.63) is 36.0 Å². The maximum atomic E-state index is 12.6. The highest BCUT2D eigenvalue weighted by Crippen LogP contribution is 2.48. The van der Waals surface area contributed by atoms with E-state index >= 15 is 0 Å². The van der Waals surface area contributed by atoms with Gasteiger partial charge in [-0.25, -0.2) is 4.79 Å². The van der Waals surface area contributed by atoms with Crippen LogP contribution in [-0.2, 0) is 28.5 Å². The van der Waals surface area contributed by atoms with Gasteiger partial charge in [-0.1, -0.05) is 37.6 Å². The Morgan fingerprint density at radius 1 is 1.20 bits per heavy atom. The standard InChI is InChI=1S/C32H52N2O6S.CH3NO/c1-9-26-19-32(25(6)40-32)20-27(39-26)13-10-21(2)11-14-29-22(3)18-28(24(5)38-29)33-30(35)15-12-23(4)37-31(36)34(7)16-17-41-8;2-1-3/h10-13,15,22-29H,9,14,16-20H2,1-8H3,(H,33,35);1H,(H2,2,3)/b13-10+,15-12-,21-11+;/t22?,23?,24?,25?,26-,27?,28?,29?,32?;/m1./s1. The molecule has 3 aliphatic rings. The molecule has 44 heavy (non-hydrogen) atoms. The fourth-order valence-corrected chi connectivity index (χ4v) is 6.11. The summed E-state index contributed by atoms with van der Waals surface area (Å²) in [5.74, 6) is 0.932. The summed E-state index contributed by atoms with van der Waals surface area (Å²) >= 11 is 1.67. The molecule has 8 unspecified atom stereocenters. The van der Waals surface area contributed by atoms with E-state index in [-0.39, 0.29) is 48.4 Å². The van der Waals surface area contributed by atoms with Crippen LogP contribution in [0.1, 0.15) is 73.6 Å². The minimum Gasteiger partial charge on any atom is -0.442 e. The lowest BCUT2D eigenvalue weighted by Crippen LogP contribution is -2.50. The van der Waals surface area contributed by atoms with Crippen LogP contribution in [0.4, 0.5) is 4.79 Å². The van der Waals surface area contributed by atoms with E-state index in [0.29, 0.717) is 18.6 Å². The summed E-state index contributed by atoms with van der Waals surface area (Å²) in [5, 5.41) is 3.07. The van der Waals surface area contributed by atoms with Crippen LogP contribution in [0.25, 0.3) is 0 Å². The summed E-state index contributed by atoms with van der Waals surface area (Å²) < 4.78 is 24.0. The van der Waals surface area contributed by atoms with E-state index in [2.05, 4.69) is 57.0 Å². The second-order valence-electron chi connectivity index (χ2n) is 12.2. The number of hydrogen-bond acceptors (Lipinski definition) is 8. The molecule has 3 N–H and O–H groups in total. The molecule has 10 nitrogen and oxygen atoms in total. The van der Waals surface area contributed by atoms with Gasteiger partial charge in [-0.2, -0.15) is 11.8 Å². The lowest BCUT2D eigenvalue weighted by Gasteiger charge is -2.39. The Bertz CT molecular complexity index is 1020. The van der Waals surface area contributed by atoms with Crippen molar-refractivity contribution in [1.82, 2.24) is 10.2 Å². The highest BCUT2D eigenvalue weighted by molar-refractivity contribution is 7.98. The molecule has 0 aliphatic carbocycles. The second kappa shape index (κ2) is 18.6. The number of amides is 3. The van der Waals surface area contributed by atoms with Gasteiger partial charge in [0.05, 0.1) is 42.2 Å². The Labute approximate surface area is 268 Å². The molecule has 3 rings (SSSR count). The zero-order chi connectivity index (χ0) is 32.9. The molecular formula is C33H55N3O7S. The molecule has 1 spiro atoms. The average molecular weight is 638 g/mol. The third-order valence-electron chi connectivity index (χ3n) is 8.58. The molecule has 0 aromatic rings. The fourth-order valence-electron chi connectivity index (χ4n) is 5.66. The Balaban J connectivity index is 0.00000216. The van der Waals surface area contributed by atoms with Crippen molar-refractivity contribution < 1.29 is 33.3 Å². The van der Waals surface area contributed by atoms with Crippen LogP contribution in [0.15, 0.2) is 36.0 Å². The van der Waals surface area contributed by atoms with E-state index in [1.54, 1.807) is 31.8 Å². The van der Waals surface area contributed by atoms with Crippen molar-refractivity contribution in [1.29, 1.82) is 0 Å². The zero-order valence-corrected chi connectivity index (χ0v) is 28.6. The molecule has 3 saturated heterocycles. The summed E-state index contributed by atoms with van der Waals surface area (Å²) in [5.41, 5.74) is 5.38. The molecule has 0 aromatic heterocycles. The Hall–Kier alpha value is -2.34. The molecule has 250 valence electrons. The summed E-state index contributed by atoms with van der Waals surface area (Å²) in [7, 11) is 1.71. The quantitative estimate of drug-likeness (QED) is 0.135. The van der Waals surface area contributed by atoms with Crippen LogP contribution in [0.2, 0.25) is 0 Å². The third kappa shape index (κ3) is 12.2. The Morgan fingerprint density at radius 2 is 1.89 bits per heavy atom. The van der Waals surface area contributed by atoms with Gasteiger partial charge in [0.1, 0.15) is 6.10 Å². The third-order valence-corrected chi connectivity index (χ3v) is 9.17. The van der Waals surface area contributed by atoms with E-state index in [0.717, 1.165) is 37.9 Å². The molecule has 3 amide bonds. The molecule has 3 aliphatic heterocycles. The van der Waals surface area contributed by atoms with Crippen molar-refractivity contribution in [2.24, 2.45) is 11.7 Å². The van der Waals surface area contributed by atoms with Crippen LogP contribution in [-0.4, -0.2) is 97.2 Å². The first kappa shape index (κ1) is 37.8. The second-order valence-corrected chi connectivity index (χ2v) is 13.2. The maximum absolute atomic E-state index is 12.6. The largest absolute Gasteiger partial charge is 0.442 e. The molecule has 0 radical (unpaired) electrons. The van der Waals surface area contributed by atoms with Crippen LogP contribution in [0.3, 0.4) is 0 Å². The van der Waals surface area contributed by atoms with Gasteiger partial charge in [-0.15, -0.1) is 0 Å². The lowest BCUT2D eigenvalue weighted by molar-refractivity contribution is -0.123. The molecule has 3 fully saturated rings. The molecule has 0 bridgehead atoms. The number of carbonyl (C=O) groups is 3. The van der Waals surface area contributed by atoms with Crippen LogP contribution >= 0.6 is 11.8 Å². The first-order valence-electron chi connectivity index (χ1n) is 15.8. The van der Waals surface area contributed by atoms with Gasteiger partial charge in [0.25, 0.3) is 0 Å². The van der Waals surface area contributed by atoms with Crippen LogP contribution < -0.4 is 11.1 Å². The summed E-state index contributed by atoms with van der Waals surface area (Å²) in [6.45, 7) is 13.0. The first-order chi connectivity index (χ1) is 20.9. The number of carbonyl (C=O) groups excluding carboxylic acids is 3. The van der Waals surface area contributed by atoms with Crippen LogP contribution in [0.5, 0.6) is 0 Å². The van der Waals surface area contributed by atoms with Gasteiger partial charge >= 0.3 is 6.09 Å². The number of ether oxygens (including phenoxy) is 4. The van der Waals surface area contributed by atoms with E-state index in [1.165, 1.54) is 16.5 Å². The average Bonchev–Trinajstić information content (AvgIpc) is 3.60. The SMILES string of the molecule is CC[C@@H]1CC2(CC(/C=C/C(C)=C/CC3OC(C)C(NC(=O)/C=C\C(C)OC(=O)N(C)CCSC)CC3C)O1)OC2C.NC=O. The molecule has 3 heterocycles. The smallest absolute Gasteiger partial charge is 0.410 e. The minimum absolute atomic E-state index is 0.0180. The predicted octanol–water partition coefficient (Wildman–Crippen LogP) is 4.77. The Kier molecular flexibility index (Phi) is 16.0. The van der Waals surface area contributed by atoms with Crippen molar-refractivity contribution in [3.8, 4) is 0 Å². The van der Waals surface area contributed by atoms with Crippen molar-refractivity contribution in [2.75, 3.05) is 25.6 Å². The highest BCUT2D eigenvalue weighted by atomic mass is 32.2. The number of nitrogens with two attached hydrogens (primary N) is 1. The number of nitrogens with one attached hydrogen (secondary N) is 1. The summed E-state index contributed by atoms with van der Waals surface area (Å²) in [6.07, 6.45) is 16.3. The van der Waals surface area contributed by atoms with Crippen molar-refractivity contribution in [2.45, 2.75) is 122 Å². The highest BCUT2D eigenvalue weighted by Gasteiger charge is 2.57. The van der Waals surface area contributed by atoms with Crippen molar-refractivity contribution >= 4 is 30.2 Å². The van der Waals surface area contributed by atoms with Gasteiger partial charge in [-0.3, -0.25) is 9.59 Å². The Morgan fingerprint density at radius 3 is 2.50 bits per heavy atom. The number of rotatable bonds is 12. The molecular weight excluding hydrogens is 582 g/mol. The molecule has 9 atom stereocenters. The summed E-state index contributed by atoms with van der Waals surface area (Å²) in [6, 6.07) is -0.0757. The molecule has 0 aromatic carbocycles. The van der Waals surface area contributed by atoms with Gasteiger partial charge in [0, 0.05) is 38.3 Å². The number of thioether (sulfide) groups is 1. The van der Waals surface area contributed by atoms with Gasteiger partial charge in [-0.05, 0) is 65.2 Å². The maximum Gasteiger partial charge on any atom is 0.410 e. The number of allylic oxidation sites excluding steroid dienone is 2. The van der Waals surface area contributed by atoms with E-state index in [1.807, 2.05) is 13.2 Å². The first-order valence-corrected chi connectivity index (χ1v) is 17.2. The summed E-state index contributed by atoms with van der Waals surface area (Å²) in [4.78, 5) is 34.8. The number of epoxide rings is 1. The molecule has 11 heteroatoms. The van der Waals surface area contributed by atoms with Gasteiger partial charge in [0.15, 0.2) is 0 Å². The lowest BCUT2D eigenvalue weighted by atomic mass is 9.87. The van der Waals surface area contributed by atoms with E-state index < -0.39 is 12.2 Å². The number of hydrogen-bond donors (Lipinski definition) is 2. The topological polar surface area (TPSA) is 133 Å². The monoisotopic (exact) mass is 637 g/mol. The zero-order valence-electron chi connectivity index (χ0n) is 27.8. The van der Waals surface area contributed by atoms with Crippen molar-refractivity contribution in [3.63, 3.8) is 0 Å². The predicted molar refractivity (Wildman–Crippen MR) is 175 cm³/mol. The van der Waals surface area contributed by atoms with E-state index in [4.69, 9.17) is 23.7 Å². The van der Waals surface area contributed by atoms with Crippen LogP contribution in [0, 0.1) is 5.92 Å².